The zero-order valence-corrected chi connectivity index (χ0v) is 15.4. The first-order valence-corrected chi connectivity index (χ1v) is 9.47. The Morgan fingerprint density at radius 1 is 1.36 bits per heavy atom. The van der Waals surface area contributed by atoms with Crippen LogP contribution in [0.3, 0.4) is 0 Å². The minimum Gasteiger partial charge on any atom is -0.456 e. The number of nitrogens with zero attached hydrogens (tertiary/aromatic N) is 1. The monoisotopic (exact) mass is 364 g/mol. The van der Waals surface area contributed by atoms with Gasteiger partial charge in [-0.25, -0.2) is 0 Å². The molecular formula is C18H24N2O4S. The lowest BCUT2D eigenvalue weighted by molar-refractivity contribution is -0.148. The summed E-state index contributed by atoms with van der Waals surface area (Å²) in [4.78, 5) is 38.3. The summed E-state index contributed by atoms with van der Waals surface area (Å²) < 4.78 is 5.00. The molecule has 1 N–H and O–H groups in total. The molecule has 2 amide bonds. The molecule has 2 rings (SSSR count). The third-order valence-electron chi connectivity index (χ3n) is 3.84. The fourth-order valence-corrected chi connectivity index (χ4v) is 3.58. The van der Waals surface area contributed by atoms with Crippen molar-refractivity contribution < 1.29 is 19.1 Å². The van der Waals surface area contributed by atoms with Crippen LogP contribution in [-0.2, 0) is 19.1 Å². The molecule has 1 aromatic rings. The Bertz CT molecular complexity index is 635. The highest BCUT2D eigenvalue weighted by atomic mass is 32.2. The summed E-state index contributed by atoms with van der Waals surface area (Å²) in [7, 11) is 0. The van der Waals surface area contributed by atoms with Crippen LogP contribution in [0, 0.1) is 0 Å². The number of fused-ring (bicyclic) bond motifs is 1. The number of ether oxygens (including phenoxy) is 1. The molecule has 0 bridgehead atoms. The first-order chi connectivity index (χ1) is 12.0. The molecule has 0 aliphatic carbocycles. The molecule has 0 aromatic heterocycles. The molecule has 0 spiro atoms. The quantitative estimate of drug-likeness (QED) is 0.717. The van der Waals surface area contributed by atoms with Crippen LogP contribution >= 0.6 is 11.8 Å². The van der Waals surface area contributed by atoms with E-state index >= 15 is 0 Å². The van der Waals surface area contributed by atoms with Crippen molar-refractivity contribution in [2.75, 3.05) is 23.8 Å². The minimum absolute atomic E-state index is 0.0253. The van der Waals surface area contributed by atoms with Crippen molar-refractivity contribution in [1.82, 2.24) is 5.32 Å². The van der Waals surface area contributed by atoms with Crippen LogP contribution in [0.25, 0.3) is 0 Å². The van der Waals surface area contributed by atoms with Crippen LogP contribution < -0.4 is 10.2 Å². The highest BCUT2D eigenvalue weighted by Gasteiger charge is 2.25. The number of hydrogen-bond acceptors (Lipinski definition) is 5. The van der Waals surface area contributed by atoms with Crippen molar-refractivity contribution >= 4 is 35.2 Å². The van der Waals surface area contributed by atoms with Gasteiger partial charge in [0.05, 0.1) is 17.9 Å². The van der Waals surface area contributed by atoms with Gasteiger partial charge < -0.3 is 15.0 Å². The zero-order valence-electron chi connectivity index (χ0n) is 14.6. The van der Waals surface area contributed by atoms with E-state index in [0.717, 1.165) is 23.4 Å². The van der Waals surface area contributed by atoms with E-state index in [-0.39, 0.29) is 37.4 Å². The largest absolute Gasteiger partial charge is 0.456 e. The number of hydrogen-bond donors (Lipinski definition) is 1. The third-order valence-corrected chi connectivity index (χ3v) is 4.89. The summed E-state index contributed by atoms with van der Waals surface area (Å²) in [5, 5.41) is 2.78. The number of nitrogens with one attached hydrogen (secondary N) is 1. The molecule has 0 radical (unpaired) electrons. The number of thioether (sulfide) groups is 1. The first-order valence-electron chi connectivity index (χ1n) is 8.48. The van der Waals surface area contributed by atoms with Crippen molar-refractivity contribution in [2.24, 2.45) is 0 Å². The van der Waals surface area contributed by atoms with Gasteiger partial charge in [0, 0.05) is 17.5 Å². The van der Waals surface area contributed by atoms with E-state index in [9.17, 15) is 14.4 Å². The summed E-state index contributed by atoms with van der Waals surface area (Å²) in [5.41, 5.74) is 0.822. The van der Waals surface area contributed by atoms with Crippen molar-refractivity contribution in [1.29, 1.82) is 0 Å². The Balaban J connectivity index is 1.78. The molecule has 0 fully saturated rings. The summed E-state index contributed by atoms with van der Waals surface area (Å²) in [5.74, 6) is -0.446. The lowest BCUT2D eigenvalue weighted by atomic mass is 10.2. The number of carbonyl (C=O) groups is 3. The predicted molar refractivity (Wildman–Crippen MR) is 97.6 cm³/mol. The first kappa shape index (κ1) is 19.3. The predicted octanol–water partition coefficient (Wildman–Crippen LogP) is 2.36. The molecule has 0 saturated carbocycles. The van der Waals surface area contributed by atoms with Crippen molar-refractivity contribution in [3.8, 4) is 0 Å². The van der Waals surface area contributed by atoms with Gasteiger partial charge in [0.15, 0.2) is 6.61 Å². The summed E-state index contributed by atoms with van der Waals surface area (Å²) >= 11 is 1.50. The van der Waals surface area contributed by atoms with Crippen molar-refractivity contribution in [3.05, 3.63) is 24.3 Å². The maximum Gasteiger partial charge on any atom is 0.308 e. The highest BCUT2D eigenvalue weighted by molar-refractivity contribution is 8.00. The second-order valence-electron chi connectivity index (χ2n) is 5.97. The maximum absolute atomic E-state index is 12.1. The van der Waals surface area contributed by atoms with Crippen LogP contribution in [0.15, 0.2) is 29.2 Å². The molecule has 136 valence electrons. The van der Waals surface area contributed by atoms with Gasteiger partial charge in [-0.3, -0.25) is 14.4 Å². The van der Waals surface area contributed by atoms with Gasteiger partial charge in [0.25, 0.3) is 5.91 Å². The lowest BCUT2D eigenvalue weighted by Crippen LogP contribution is -2.38. The van der Waals surface area contributed by atoms with Crippen molar-refractivity contribution in [3.63, 3.8) is 0 Å². The van der Waals surface area contributed by atoms with Crippen LogP contribution in [0.4, 0.5) is 5.69 Å². The van der Waals surface area contributed by atoms with E-state index in [1.165, 1.54) is 11.8 Å². The molecule has 1 atom stereocenters. The van der Waals surface area contributed by atoms with E-state index in [1.54, 1.807) is 4.90 Å². The normalized spacial score (nSPS) is 14.6. The molecule has 6 nitrogen and oxygen atoms in total. The Labute approximate surface area is 152 Å². The van der Waals surface area contributed by atoms with Crippen molar-refractivity contribution in [2.45, 2.75) is 44.0 Å². The lowest BCUT2D eigenvalue weighted by Gasteiger charge is -2.28. The van der Waals surface area contributed by atoms with Crippen LogP contribution in [0.2, 0.25) is 0 Å². The fourth-order valence-electron chi connectivity index (χ4n) is 2.64. The second-order valence-corrected chi connectivity index (χ2v) is 6.99. The zero-order chi connectivity index (χ0) is 18.2. The molecule has 1 heterocycles. The van der Waals surface area contributed by atoms with Gasteiger partial charge in [-0.05, 0) is 25.5 Å². The van der Waals surface area contributed by atoms with E-state index in [4.69, 9.17) is 4.74 Å². The summed E-state index contributed by atoms with van der Waals surface area (Å²) in [6, 6.07) is 7.68. The minimum atomic E-state index is -0.484. The maximum atomic E-state index is 12.1. The summed E-state index contributed by atoms with van der Waals surface area (Å²) in [6.07, 6.45) is 1.92. The third kappa shape index (κ3) is 5.77. The molecule has 0 saturated heterocycles. The number of rotatable bonds is 8. The van der Waals surface area contributed by atoms with E-state index in [1.807, 2.05) is 38.1 Å². The molecule has 1 aromatic carbocycles. The standard InChI is InChI=1S/C18H24N2O4S/c1-3-6-13(2)19-16(21)11-24-18(23)9-10-20-14-7-4-5-8-15(14)25-12-17(20)22/h4-5,7-8,13H,3,6,9-12H2,1-2H3,(H,19,21)/t13-/m0/s1. The Kier molecular flexibility index (Phi) is 7.31. The number of carbonyl (C=O) groups excluding carboxylic acids is 3. The molecule has 1 aliphatic heterocycles. The SMILES string of the molecule is CCC[C@H](C)NC(=O)COC(=O)CCN1C(=O)CSc2ccccc21. The topological polar surface area (TPSA) is 75.7 Å². The van der Waals surface area contributed by atoms with Gasteiger partial charge in [0.1, 0.15) is 0 Å². The Morgan fingerprint density at radius 3 is 2.88 bits per heavy atom. The second kappa shape index (κ2) is 9.46. The Hall–Kier alpha value is -2.02. The number of para-hydroxylation sites is 1. The smallest absolute Gasteiger partial charge is 0.308 e. The van der Waals surface area contributed by atoms with Crippen LogP contribution in [0.1, 0.15) is 33.1 Å². The number of benzene rings is 1. The fraction of sp³-hybridized carbons (Fsp3) is 0.500. The van der Waals surface area contributed by atoms with Crippen LogP contribution in [0.5, 0.6) is 0 Å². The van der Waals surface area contributed by atoms with Gasteiger partial charge in [-0.1, -0.05) is 25.5 Å². The highest BCUT2D eigenvalue weighted by Crippen LogP contribution is 2.34. The number of amides is 2. The van der Waals surface area contributed by atoms with Crippen LogP contribution in [-0.4, -0.2) is 42.7 Å². The summed E-state index contributed by atoms with van der Waals surface area (Å²) in [6.45, 7) is 3.93. The van der Waals surface area contributed by atoms with E-state index in [0.29, 0.717) is 5.75 Å². The molecule has 0 unspecified atom stereocenters. The number of anilines is 1. The molecule has 7 heteroatoms. The van der Waals surface area contributed by atoms with Gasteiger partial charge in [-0.15, -0.1) is 11.8 Å². The van der Waals surface area contributed by atoms with Gasteiger partial charge in [0.2, 0.25) is 5.91 Å². The van der Waals surface area contributed by atoms with E-state index in [2.05, 4.69) is 5.32 Å². The molecule has 25 heavy (non-hydrogen) atoms. The van der Waals surface area contributed by atoms with Gasteiger partial charge in [-0.2, -0.15) is 0 Å². The Morgan fingerprint density at radius 2 is 2.12 bits per heavy atom. The number of esters is 1. The van der Waals surface area contributed by atoms with Gasteiger partial charge >= 0.3 is 5.97 Å². The average molecular weight is 364 g/mol. The molecule has 1 aliphatic rings. The van der Waals surface area contributed by atoms with E-state index < -0.39 is 5.97 Å². The molecular weight excluding hydrogens is 340 g/mol. The average Bonchev–Trinajstić information content (AvgIpc) is 2.59.